The van der Waals surface area contributed by atoms with Crippen molar-refractivity contribution in [3.8, 4) is 0 Å². The molecular formula is C18H15NO2. The van der Waals surface area contributed by atoms with Crippen molar-refractivity contribution in [2.45, 2.75) is 11.8 Å². The molecule has 2 heterocycles. The van der Waals surface area contributed by atoms with Gasteiger partial charge in [0.15, 0.2) is 5.72 Å². The van der Waals surface area contributed by atoms with Crippen LogP contribution in [0.3, 0.4) is 0 Å². The molecule has 104 valence electrons. The maximum atomic E-state index is 12.4. The van der Waals surface area contributed by atoms with E-state index in [1.165, 1.54) is 0 Å². The third-order valence-corrected chi connectivity index (χ3v) is 4.19. The van der Waals surface area contributed by atoms with Crippen molar-refractivity contribution in [2.24, 2.45) is 0 Å². The van der Waals surface area contributed by atoms with Crippen molar-refractivity contribution in [1.82, 2.24) is 4.90 Å². The normalized spacial score (nSPS) is 27.1. The zero-order chi connectivity index (χ0) is 14.3. The standard InChI is InChI=1S/C18H15NO2/c20-17-11-12-18(15-9-5-2-6-10-15)19(17)16(13-21-18)14-7-3-1-4-8-14/h1-12,16H,13H2/t16-,18-/m1/s1. The molecule has 0 bridgehead atoms. The fourth-order valence-electron chi connectivity index (χ4n) is 3.21. The molecule has 2 aromatic carbocycles. The van der Waals surface area contributed by atoms with Crippen LogP contribution < -0.4 is 0 Å². The summed E-state index contributed by atoms with van der Waals surface area (Å²) in [5, 5.41) is 0. The highest BCUT2D eigenvalue weighted by Gasteiger charge is 2.52. The molecule has 21 heavy (non-hydrogen) atoms. The van der Waals surface area contributed by atoms with Crippen LogP contribution in [0, 0.1) is 0 Å². The molecule has 0 spiro atoms. The van der Waals surface area contributed by atoms with E-state index in [0.29, 0.717) is 6.61 Å². The minimum Gasteiger partial charge on any atom is -0.345 e. The molecule has 3 nitrogen and oxygen atoms in total. The Hall–Kier alpha value is -2.39. The van der Waals surface area contributed by atoms with Crippen LogP contribution in [0.2, 0.25) is 0 Å². The second-order valence-corrected chi connectivity index (χ2v) is 5.34. The molecule has 2 aromatic rings. The van der Waals surface area contributed by atoms with Gasteiger partial charge in [0, 0.05) is 11.6 Å². The number of hydrogen-bond donors (Lipinski definition) is 0. The fourth-order valence-corrected chi connectivity index (χ4v) is 3.21. The SMILES string of the molecule is O=C1C=C[C@]2(c3ccccc3)OC[C@H](c3ccccc3)N12. The molecule has 0 aliphatic carbocycles. The van der Waals surface area contributed by atoms with Gasteiger partial charge < -0.3 is 4.74 Å². The first-order chi connectivity index (χ1) is 10.3. The Morgan fingerprint density at radius 2 is 1.67 bits per heavy atom. The Morgan fingerprint density at radius 1 is 1.00 bits per heavy atom. The number of hydrogen-bond acceptors (Lipinski definition) is 2. The smallest absolute Gasteiger partial charge is 0.249 e. The molecular weight excluding hydrogens is 262 g/mol. The molecule has 0 radical (unpaired) electrons. The van der Waals surface area contributed by atoms with Crippen LogP contribution in [0.1, 0.15) is 17.2 Å². The molecule has 0 unspecified atom stereocenters. The maximum absolute atomic E-state index is 12.4. The van der Waals surface area contributed by atoms with Gasteiger partial charge in [0.05, 0.1) is 12.6 Å². The second-order valence-electron chi connectivity index (χ2n) is 5.34. The molecule has 1 saturated heterocycles. The number of carbonyl (C=O) groups excluding carboxylic acids is 1. The summed E-state index contributed by atoms with van der Waals surface area (Å²) in [6, 6.07) is 19.9. The Morgan fingerprint density at radius 3 is 2.38 bits per heavy atom. The van der Waals surface area contributed by atoms with E-state index >= 15 is 0 Å². The topological polar surface area (TPSA) is 29.5 Å². The third-order valence-electron chi connectivity index (χ3n) is 4.19. The maximum Gasteiger partial charge on any atom is 0.249 e. The number of fused-ring (bicyclic) bond motifs is 1. The molecule has 2 atom stereocenters. The summed E-state index contributed by atoms with van der Waals surface area (Å²) in [4.78, 5) is 14.2. The largest absolute Gasteiger partial charge is 0.345 e. The van der Waals surface area contributed by atoms with Gasteiger partial charge in [0.25, 0.3) is 0 Å². The average molecular weight is 277 g/mol. The average Bonchev–Trinajstić information content (AvgIpc) is 3.09. The number of carbonyl (C=O) groups is 1. The predicted octanol–water partition coefficient (Wildman–Crippen LogP) is 3.01. The quantitative estimate of drug-likeness (QED) is 0.844. The van der Waals surface area contributed by atoms with Crippen molar-refractivity contribution in [1.29, 1.82) is 0 Å². The summed E-state index contributed by atoms with van der Waals surface area (Å²) in [6.07, 6.45) is 3.48. The van der Waals surface area contributed by atoms with Gasteiger partial charge in [-0.25, -0.2) is 0 Å². The Bertz CT molecular complexity index is 696. The predicted molar refractivity (Wildman–Crippen MR) is 79.2 cm³/mol. The van der Waals surface area contributed by atoms with E-state index in [1.54, 1.807) is 6.08 Å². The number of rotatable bonds is 2. The van der Waals surface area contributed by atoms with Crippen LogP contribution in [-0.2, 0) is 15.3 Å². The van der Waals surface area contributed by atoms with E-state index in [1.807, 2.05) is 71.6 Å². The summed E-state index contributed by atoms with van der Waals surface area (Å²) < 4.78 is 6.11. The van der Waals surface area contributed by atoms with E-state index in [0.717, 1.165) is 11.1 Å². The molecule has 3 heteroatoms. The minimum absolute atomic E-state index is 0.00482. The van der Waals surface area contributed by atoms with Crippen LogP contribution in [0.15, 0.2) is 72.8 Å². The van der Waals surface area contributed by atoms with E-state index in [-0.39, 0.29) is 11.9 Å². The molecule has 4 rings (SSSR count). The molecule has 2 aliphatic rings. The lowest BCUT2D eigenvalue weighted by Gasteiger charge is -2.33. The lowest BCUT2D eigenvalue weighted by atomic mass is 10.0. The first-order valence-electron chi connectivity index (χ1n) is 7.08. The summed E-state index contributed by atoms with van der Waals surface area (Å²) in [6.45, 7) is 0.509. The number of ether oxygens (including phenoxy) is 1. The number of nitrogens with zero attached hydrogens (tertiary/aromatic N) is 1. The van der Waals surface area contributed by atoms with Gasteiger partial charge in [-0.3, -0.25) is 9.69 Å². The third kappa shape index (κ3) is 1.74. The van der Waals surface area contributed by atoms with Gasteiger partial charge in [0.1, 0.15) is 0 Å². The summed E-state index contributed by atoms with van der Waals surface area (Å²) in [5.41, 5.74) is 1.34. The van der Waals surface area contributed by atoms with E-state index in [9.17, 15) is 4.79 Å². The van der Waals surface area contributed by atoms with Gasteiger partial charge in [-0.15, -0.1) is 0 Å². The molecule has 0 N–H and O–H groups in total. The van der Waals surface area contributed by atoms with E-state index in [4.69, 9.17) is 4.74 Å². The van der Waals surface area contributed by atoms with Gasteiger partial charge in [-0.1, -0.05) is 60.7 Å². The summed E-state index contributed by atoms with van der Waals surface area (Å²) in [7, 11) is 0. The lowest BCUT2D eigenvalue weighted by molar-refractivity contribution is -0.136. The summed E-state index contributed by atoms with van der Waals surface area (Å²) >= 11 is 0. The van der Waals surface area contributed by atoms with Crippen molar-refractivity contribution >= 4 is 5.91 Å². The highest BCUT2D eigenvalue weighted by atomic mass is 16.5. The minimum atomic E-state index is -0.751. The van der Waals surface area contributed by atoms with Crippen molar-refractivity contribution < 1.29 is 9.53 Å². The van der Waals surface area contributed by atoms with Crippen molar-refractivity contribution in [3.05, 3.63) is 83.9 Å². The van der Waals surface area contributed by atoms with Gasteiger partial charge >= 0.3 is 0 Å². The highest BCUT2D eigenvalue weighted by molar-refractivity contribution is 5.92. The molecule has 0 saturated carbocycles. The van der Waals surface area contributed by atoms with Gasteiger partial charge in [-0.05, 0) is 11.6 Å². The van der Waals surface area contributed by atoms with Gasteiger partial charge in [0.2, 0.25) is 5.91 Å². The lowest BCUT2D eigenvalue weighted by Crippen LogP contribution is -2.40. The Balaban J connectivity index is 1.80. The fraction of sp³-hybridized carbons (Fsp3) is 0.167. The monoisotopic (exact) mass is 277 g/mol. The first kappa shape index (κ1) is 12.4. The number of amides is 1. The molecule has 2 aliphatic heterocycles. The van der Waals surface area contributed by atoms with E-state index in [2.05, 4.69) is 0 Å². The van der Waals surface area contributed by atoms with Gasteiger partial charge in [-0.2, -0.15) is 0 Å². The number of benzene rings is 2. The molecule has 0 aromatic heterocycles. The highest BCUT2D eigenvalue weighted by Crippen LogP contribution is 2.47. The van der Waals surface area contributed by atoms with Crippen LogP contribution in [0.4, 0.5) is 0 Å². The van der Waals surface area contributed by atoms with Crippen molar-refractivity contribution in [3.63, 3.8) is 0 Å². The second kappa shape index (κ2) is 4.57. The van der Waals surface area contributed by atoms with Crippen LogP contribution in [-0.4, -0.2) is 17.4 Å². The van der Waals surface area contributed by atoms with Crippen LogP contribution in [0.25, 0.3) is 0 Å². The zero-order valence-electron chi connectivity index (χ0n) is 11.5. The van der Waals surface area contributed by atoms with E-state index < -0.39 is 5.72 Å². The zero-order valence-corrected chi connectivity index (χ0v) is 11.5. The Kier molecular flexibility index (Phi) is 2.69. The first-order valence-corrected chi connectivity index (χ1v) is 7.08. The van der Waals surface area contributed by atoms with Crippen LogP contribution >= 0.6 is 0 Å². The summed E-state index contributed by atoms with van der Waals surface area (Å²) in [5.74, 6) is 0.00482. The van der Waals surface area contributed by atoms with Crippen molar-refractivity contribution in [2.75, 3.05) is 6.61 Å². The molecule has 1 fully saturated rings. The Labute approximate surface area is 123 Å². The molecule has 1 amide bonds. The van der Waals surface area contributed by atoms with Crippen LogP contribution in [0.5, 0.6) is 0 Å².